The van der Waals surface area contributed by atoms with Crippen LogP contribution in [0.4, 0.5) is 0 Å². The van der Waals surface area contributed by atoms with Gasteiger partial charge in [0.1, 0.15) is 5.69 Å². The maximum Gasteiger partial charge on any atom is 0.107 e. The van der Waals surface area contributed by atoms with Gasteiger partial charge in [0, 0.05) is 18.8 Å². The largest absolute Gasteiger partial charge is 0.375 e. The van der Waals surface area contributed by atoms with E-state index in [1.165, 1.54) is 0 Å². The second-order valence-electron chi connectivity index (χ2n) is 3.30. The van der Waals surface area contributed by atoms with Crippen LogP contribution in [0.5, 0.6) is 0 Å². The van der Waals surface area contributed by atoms with Crippen molar-refractivity contribution in [1.82, 2.24) is 9.78 Å². The van der Waals surface area contributed by atoms with Gasteiger partial charge in [-0.1, -0.05) is 18.5 Å². The van der Waals surface area contributed by atoms with Crippen molar-refractivity contribution in [3.63, 3.8) is 0 Å². The molecule has 4 heteroatoms. The summed E-state index contributed by atoms with van der Waals surface area (Å²) in [5.41, 5.74) is 0.828. The van der Waals surface area contributed by atoms with Crippen LogP contribution in [0.3, 0.4) is 0 Å². The van der Waals surface area contributed by atoms with Crippen molar-refractivity contribution in [3.05, 3.63) is 16.9 Å². The van der Waals surface area contributed by atoms with Gasteiger partial charge in [0.05, 0.1) is 11.6 Å². The molecule has 80 valence electrons. The lowest BCUT2D eigenvalue weighted by Gasteiger charge is -2.07. The summed E-state index contributed by atoms with van der Waals surface area (Å²) in [6, 6.07) is 0.392. The Balaban J connectivity index is 2.71. The Labute approximate surface area is 90.0 Å². The molecule has 1 heterocycles. The minimum Gasteiger partial charge on any atom is -0.375 e. The van der Waals surface area contributed by atoms with Crippen molar-refractivity contribution >= 4 is 11.6 Å². The fourth-order valence-electron chi connectivity index (χ4n) is 1.12. The lowest BCUT2D eigenvalue weighted by Crippen LogP contribution is -2.05. The van der Waals surface area contributed by atoms with E-state index in [-0.39, 0.29) is 0 Å². The third-order valence-electron chi connectivity index (χ3n) is 2.24. The van der Waals surface area contributed by atoms with Crippen molar-refractivity contribution < 1.29 is 4.74 Å². The standard InChI is InChI=1S/C10H17ClN2O/c1-4-8(3)13-6-9(11)10(12-13)7-14-5-2/h6,8H,4-5,7H2,1-3H3/t8-/m1/s1. The second-order valence-corrected chi connectivity index (χ2v) is 3.71. The summed E-state index contributed by atoms with van der Waals surface area (Å²) in [5.74, 6) is 0. The van der Waals surface area contributed by atoms with Crippen LogP contribution < -0.4 is 0 Å². The van der Waals surface area contributed by atoms with Crippen LogP contribution in [0.25, 0.3) is 0 Å². The maximum atomic E-state index is 6.02. The van der Waals surface area contributed by atoms with Crippen LogP contribution in [-0.2, 0) is 11.3 Å². The van der Waals surface area contributed by atoms with Crippen LogP contribution in [0.1, 0.15) is 38.9 Å². The summed E-state index contributed by atoms with van der Waals surface area (Å²) in [7, 11) is 0. The predicted molar refractivity (Wildman–Crippen MR) is 57.6 cm³/mol. The number of halogens is 1. The first-order valence-electron chi connectivity index (χ1n) is 5.00. The molecule has 0 unspecified atom stereocenters. The molecular weight excluding hydrogens is 200 g/mol. The van der Waals surface area contributed by atoms with Crippen molar-refractivity contribution in [2.75, 3.05) is 6.61 Å². The molecule has 1 aromatic rings. The smallest absolute Gasteiger partial charge is 0.107 e. The molecule has 0 aliphatic carbocycles. The number of hydrogen-bond donors (Lipinski definition) is 0. The molecule has 0 aliphatic rings. The molecule has 0 amide bonds. The van der Waals surface area contributed by atoms with Gasteiger partial charge < -0.3 is 4.74 Å². The highest BCUT2D eigenvalue weighted by atomic mass is 35.5. The monoisotopic (exact) mass is 216 g/mol. The summed E-state index contributed by atoms with van der Waals surface area (Å²) < 4.78 is 7.17. The number of hydrogen-bond acceptors (Lipinski definition) is 2. The zero-order valence-corrected chi connectivity index (χ0v) is 9.71. The summed E-state index contributed by atoms with van der Waals surface area (Å²) in [6.07, 6.45) is 2.91. The van der Waals surface area contributed by atoms with E-state index in [0.717, 1.165) is 12.1 Å². The minimum atomic E-state index is 0.392. The first kappa shape index (κ1) is 11.5. The Kier molecular flexibility index (Phi) is 4.42. The molecule has 0 fully saturated rings. The molecule has 14 heavy (non-hydrogen) atoms. The van der Waals surface area contributed by atoms with Gasteiger partial charge in [-0.15, -0.1) is 0 Å². The molecular formula is C10H17ClN2O. The third-order valence-corrected chi connectivity index (χ3v) is 2.56. The van der Waals surface area contributed by atoms with Crippen molar-refractivity contribution in [2.24, 2.45) is 0 Å². The van der Waals surface area contributed by atoms with Gasteiger partial charge in [0.2, 0.25) is 0 Å². The van der Waals surface area contributed by atoms with E-state index in [1.54, 1.807) is 0 Å². The minimum absolute atomic E-state index is 0.392. The van der Waals surface area contributed by atoms with Gasteiger partial charge >= 0.3 is 0 Å². The fraction of sp³-hybridized carbons (Fsp3) is 0.700. The first-order valence-corrected chi connectivity index (χ1v) is 5.38. The molecule has 0 saturated carbocycles. The van der Waals surface area contributed by atoms with Crippen LogP contribution in [0.2, 0.25) is 5.02 Å². The number of nitrogens with zero attached hydrogens (tertiary/aromatic N) is 2. The van der Waals surface area contributed by atoms with E-state index in [9.17, 15) is 0 Å². The molecule has 0 bridgehead atoms. The number of aromatic nitrogens is 2. The summed E-state index contributed by atoms with van der Waals surface area (Å²) in [6.45, 7) is 7.39. The Morgan fingerprint density at radius 3 is 2.86 bits per heavy atom. The highest BCUT2D eigenvalue weighted by Gasteiger charge is 2.09. The van der Waals surface area contributed by atoms with E-state index in [2.05, 4.69) is 18.9 Å². The molecule has 1 atom stereocenters. The average Bonchev–Trinajstić information content (AvgIpc) is 2.56. The summed E-state index contributed by atoms with van der Waals surface area (Å²) in [4.78, 5) is 0. The van der Waals surface area contributed by atoms with Crippen molar-refractivity contribution in [3.8, 4) is 0 Å². The van der Waals surface area contributed by atoms with Crippen molar-refractivity contribution in [2.45, 2.75) is 39.8 Å². The van der Waals surface area contributed by atoms with Crippen LogP contribution in [0.15, 0.2) is 6.20 Å². The predicted octanol–water partition coefficient (Wildman–Crippen LogP) is 3.04. The zero-order chi connectivity index (χ0) is 10.6. The van der Waals surface area contributed by atoms with Gasteiger partial charge in [-0.2, -0.15) is 5.10 Å². The van der Waals surface area contributed by atoms with E-state index < -0.39 is 0 Å². The van der Waals surface area contributed by atoms with Crippen LogP contribution >= 0.6 is 11.6 Å². The highest BCUT2D eigenvalue weighted by Crippen LogP contribution is 2.18. The molecule has 1 aromatic heterocycles. The SMILES string of the molecule is CCOCc1nn([C@H](C)CC)cc1Cl. The lowest BCUT2D eigenvalue weighted by atomic mass is 10.3. The first-order chi connectivity index (χ1) is 6.69. The van der Waals surface area contributed by atoms with E-state index in [4.69, 9.17) is 16.3 Å². The van der Waals surface area contributed by atoms with E-state index in [1.807, 2.05) is 17.8 Å². The molecule has 0 saturated heterocycles. The molecule has 0 N–H and O–H groups in total. The quantitative estimate of drug-likeness (QED) is 0.757. The van der Waals surface area contributed by atoms with Crippen LogP contribution in [-0.4, -0.2) is 16.4 Å². The number of ether oxygens (including phenoxy) is 1. The highest BCUT2D eigenvalue weighted by molar-refractivity contribution is 6.31. The van der Waals surface area contributed by atoms with Gasteiger partial charge in [-0.05, 0) is 20.3 Å². The molecule has 0 spiro atoms. The zero-order valence-electron chi connectivity index (χ0n) is 8.96. The molecule has 0 aliphatic heterocycles. The molecule has 3 nitrogen and oxygen atoms in total. The Morgan fingerprint density at radius 1 is 1.57 bits per heavy atom. The second kappa shape index (κ2) is 5.37. The van der Waals surface area contributed by atoms with Crippen molar-refractivity contribution in [1.29, 1.82) is 0 Å². The van der Waals surface area contributed by atoms with Gasteiger partial charge in [0.25, 0.3) is 0 Å². The fourth-order valence-corrected chi connectivity index (χ4v) is 1.31. The molecule has 1 rings (SSSR count). The summed E-state index contributed by atoms with van der Waals surface area (Å²) in [5, 5.41) is 5.07. The Morgan fingerprint density at radius 2 is 2.29 bits per heavy atom. The van der Waals surface area contributed by atoms with Gasteiger partial charge in [-0.3, -0.25) is 4.68 Å². The Hall–Kier alpha value is -0.540. The summed E-state index contributed by atoms with van der Waals surface area (Å²) >= 11 is 6.02. The number of rotatable bonds is 5. The third kappa shape index (κ3) is 2.72. The molecule has 0 radical (unpaired) electrons. The average molecular weight is 217 g/mol. The van der Waals surface area contributed by atoms with E-state index in [0.29, 0.717) is 24.3 Å². The topological polar surface area (TPSA) is 27.1 Å². The maximum absolute atomic E-state index is 6.02. The molecule has 0 aromatic carbocycles. The van der Waals surface area contributed by atoms with Crippen LogP contribution in [0, 0.1) is 0 Å². The normalized spacial score (nSPS) is 13.1. The lowest BCUT2D eigenvalue weighted by molar-refractivity contribution is 0.130. The van der Waals surface area contributed by atoms with Gasteiger partial charge in [-0.25, -0.2) is 0 Å². The Bertz CT molecular complexity index is 286. The van der Waals surface area contributed by atoms with Gasteiger partial charge in [0.15, 0.2) is 0 Å². The van der Waals surface area contributed by atoms with E-state index >= 15 is 0 Å².